The van der Waals surface area contributed by atoms with E-state index in [1.807, 2.05) is 24.3 Å². The van der Waals surface area contributed by atoms with Crippen molar-refractivity contribution >= 4 is 46.4 Å². The van der Waals surface area contributed by atoms with Gasteiger partial charge in [-0.15, -0.1) is 0 Å². The van der Waals surface area contributed by atoms with Crippen LogP contribution in [0.25, 0.3) is 0 Å². The molecule has 0 aromatic heterocycles. The summed E-state index contributed by atoms with van der Waals surface area (Å²) < 4.78 is 0. The molecule has 2 rings (SSSR count). The van der Waals surface area contributed by atoms with Crippen LogP contribution >= 0.6 is 23.2 Å². The highest BCUT2D eigenvalue weighted by Crippen LogP contribution is 2.32. The first-order chi connectivity index (χ1) is 11.8. The van der Waals surface area contributed by atoms with Gasteiger partial charge in [0.05, 0.1) is 15.7 Å². The van der Waals surface area contributed by atoms with Crippen LogP contribution in [0.5, 0.6) is 0 Å². The first-order valence-electron chi connectivity index (χ1n) is 7.91. The van der Waals surface area contributed by atoms with E-state index in [4.69, 9.17) is 23.2 Å². The zero-order valence-corrected chi connectivity index (χ0v) is 15.9. The SMILES string of the molecule is CC(=O)N(CC(=O)Nc1ccc(C(C)C)cc1)c1cccc(Cl)c1Cl. The van der Waals surface area contributed by atoms with Crippen LogP contribution in [0.4, 0.5) is 11.4 Å². The van der Waals surface area contributed by atoms with Crippen LogP contribution in [0.15, 0.2) is 42.5 Å². The summed E-state index contributed by atoms with van der Waals surface area (Å²) in [5.74, 6) is -0.194. The van der Waals surface area contributed by atoms with E-state index in [-0.39, 0.29) is 23.4 Å². The van der Waals surface area contributed by atoms with E-state index in [1.54, 1.807) is 18.2 Å². The van der Waals surface area contributed by atoms with E-state index < -0.39 is 0 Å². The number of rotatable bonds is 5. The van der Waals surface area contributed by atoms with Crippen LogP contribution < -0.4 is 10.2 Å². The molecule has 2 aromatic carbocycles. The van der Waals surface area contributed by atoms with Crippen LogP contribution in [0.3, 0.4) is 0 Å². The number of carbonyl (C=O) groups excluding carboxylic acids is 2. The Hall–Kier alpha value is -2.04. The Bertz CT molecular complexity index is 773. The molecule has 4 nitrogen and oxygen atoms in total. The lowest BCUT2D eigenvalue weighted by atomic mass is 10.0. The van der Waals surface area contributed by atoms with E-state index in [1.165, 1.54) is 17.4 Å². The van der Waals surface area contributed by atoms with Crippen molar-refractivity contribution < 1.29 is 9.59 Å². The molecule has 0 aliphatic carbocycles. The zero-order valence-electron chi connectivity index (χ0n) is 14.3. The summed E-state index contributed by atoms with van der Waals surface area (Å²) in [6.45, 7) is 5.43. The highest BCUT2D eigenvalue weighted by molar-refractivity contribution is 6.44. The van der Waals surface area contributed by atoms with E-state index in [0.717, 1.165) is 0 Å². The molecule has 2 amide bonds. The molecule has 132 valence electrons. The molecule has 0 saturated heterocycles. The van der Waals surface area contributed by atoms with Gasteiger partial charge in [-0.2, -0.15) is 0 Å². The Labute approximate surface area is 157 Å². The maximum Gasteiger partial charge on any atom is 0.244 e. The van der Waals surface area contributed by atoms with Crippen molar-refractivity contribution in [3.63, 3.8) is 0 Å². The van der Waals surface area contributed by atoms with Crippen molar-refractivity contribution in [2.24, 2.45) is 0 Å². The molecule has 0 heterocycles. The number of carbonyl (C=O) groups is 2. The molecule has 0 atom stereocenters. The van der Waals surface area contributed by atoms with E-state index in [2.05, 4.69) is 19.2 Å². The monoisotopic (exact) mass is 378 g/mol. The molecule has 0 fully saturated rings. The highest BCUT2D eigenvalue weighted by Gasteiger charge is 2.19. The van der Waals surface area contributed by atoms with Gasteiger partial charge in [0.25, 0.3) is 0 Å². The first-order valence-corrected chi connectivity index (χ1v) is 8.67. The third-order valence-electron chi connectivity index (χ3n) is 3.76. The predicted molar refractivity (Wildman–Crippen MR) is 104 cm³/mol. The van der Waals surface area contributed by atoms with Gasteiger partial charge in [0, 0.05) is 12.6 Å². The zero-order chi connectivity index (χ0) is 18.6. The maximum absolute atomic E-state index is 12.3. The fourth-order valence-electron chi connectivity index (χ4n) is 2.36. The summed E-state index contributed by atoms with van der Waals surface area (Å²) in [6.07, 6.45) is 0. The molecule has 6 heteroatoms. The molecule has 0 aliphatic rings. The van der Waals surface area contributed by atoms with Crippen LogP contribution in [0, 0.1) is 0 Å². The third kappa shape index (κ3) is 4.97. The van der Waals surface area contributed by atoms with Gasteiger partial charge in [-0.05, 0) is 35.7 Å². The van der Waals surface area contributed by atoms with Crippen LogP contribution in [0.2, 0.25) is 10.0 Å². The Kier molecular flexibility index (Phi) is 6.45. The van der Waals surface area contributed by atoms with Gasteiger partial charge in [0.2, 0.25) is 11.8 Å². The van der Waals surface area contributed by atoms with E-state index >= 15 is 0 Å². The number of nitrogens with one attached hydrogen (secondary N) is 1. The minimum Gasteiger partial charge on any atom is -0.325 e. The topological polar surface area (TPSA) is 49.4 Å². The van der Waals surface area contributed by atoms with Crippen molar-refractivity contribution in [3.05, 3.63) is 58.1 Å². The quantitative estimate of drug-likeness (QED) is 0.785. The Balaban J connectivity index is 2.13. The first kappa shape index (κ1) is 19.3. The molecule has 0 radical (unpaired) electrons. The number of hydrogen-bond acceptors (Lipinski definition) is 2. The summed E-state index contributed by atoms with van der Waals surface area (Å²) >= 11 is 12.2. The summed E-state index contributed by atoms with van der Waals surface area (Å²) in [6, 6.07) is 12.6. The fourth-order valence-corrected chi connectivity index (χ4v) is 2.76. The molecule has 0 bridgehead atoms. The van der Waals surface area contributed by atoms with Gasteiger partial charge in [-0.3, -0.25) is 9.59 Å². The van der Waals surface area contributed by atoms with Crippen molar-refractivity contribution in [1.29, 1.82) is 0 Å². The summed E-state index contributed by atoms with van der Waals surface area (Å²) in [7, 11) is 0. The third-order valence-corrected chi connectivity index (χ3v) is 4.57. The number of benzene rings is 2. The van der Waals surface area contributed by atoms with Crippen molar-refractivity contribution in [1.82, 2.24) is 0 Å². The number of nitrogens with zero attached hydrogens (tertiary/aromatic N) is 1. The molecular formula is C19H20Cl2N2O2. The van der Waals surface area contributed by atoms with Gasteiger partial charge < -0.3 is 10.2 Å². The molecule has 1 N–H and O–H groups in total. The lowest BCUT2D eigenvalue weighted by Crippen LogP contribution is -2.36. The average molecular weight is 379 g/mol. The van der Waals surface area contributed by atoms with Crippen molar-refractivity contribution in [2.75, 3.05) is 16.8 Å². The number of hydrogen-bond donors (Lipinski definition) is 1. The van der Waals surface area contributed by atoms with Gasteiger partial charge in [-0.25, -0.2) is 0 Å². The number of halogens is 2. The van der Waals surface area contributed by atoms with Crippen LogP contribution in [-0.2, 0) is 9.59 Å². The Morgan fingerprint density at radius 2 is 1.72 bits per heavy atom. The number of anilines is 2. The second kappa shape index (κ2) is 8.37. The summed E-state index contributed by atoms with van der Waals surface area (Å²) in [4.78, 5) is 25.6. The van der Waals surface area contributed by atoms with Crippen molar-refractivity contribution in [3.8, 4) is 0 Å². The molecule has 0 saturated carbocycles. The second-order valence-electron chi connectivity index (χ2n) is 6.00. The number of amides is 2. The van der Waals surface area contributed by atoms with E-state index in [0.29, 0.717) is 22.3 Å². The van der Waals surface area contributed by atoms with Gasteiger partial charge >= 0.3 is 0 Å². The normalized spacial score (nSPS) is 10.6. The standard InChI is InChI=1S/C19H20Cl2N2O2/c1-12(2)14-7-9-15(10-8-14)22-18(25)11-23(13(3)24)17-6-4-5-16(20)19(17)21/h4-10,12H,11H2,1-3H3,(H,22,25). The van der Waals surface area contributed by atoms with Crippen LogP contribution in [0.1, 0.15) is 32.3 Å². The molecule has 25 heavy (non-hydrogen) atoms. The summed E-state index contributed by atoms with van der Waals surface area (Å²) in [5.41, 5.74) is 2.27. The smallest absolute Gasteiger partial charge is 0.244 e. The van der Waals surface area contributed by atoms with Crippen molar-refractivity contribution in [2.45, 2.75) is 26.7 Å². The Morgan fingerprint density at radius 3 is 2.28 bits per heavy atom. The van der Waals surface area contributed by atoms with E-state index in [9.17, 15) is 9.59 Å². The molecule has 0 spiro atoms. The molecule has 0 aliphatic heterocycles. The van der Waals surface area contributed by atoms with Gasteiger partial charge in [0.1, 0.15) is 6.54 Å². The predicted octanol–water partition coefficient (Wildman–Crippen LogP) is 5.11. The minimum absolute atomic E-state index is 0.151. The minimum atomic E-state index is -0.316. The van der Waals surface area contributed by atoms with Gasteiger partial charge in [-0.1, -0.05) is 55.2 Å². The largest absolute Gasteiger partial charge is 0.325 e. The molecule has 2 aromatic rings. The second-order valence-corrected chi connectivity index (χ2v) is 6.79. The average Bonchev–Trinajstić information content (AvgIpc) is 2.56. The Morgan fingerprint density at radius 1 is 1.08 bits per heavy atom. The molecular weight excluding hydrogens is 359 g/mol. The highest BCUT2D eigenvalue weighted by atomic mass is 35.5. The summed E-state index contributed by atoms with van der Waals surface area (Å²) in [5, 5.41) is 3.36. The fraction of sp³-hybridized carbons (Fsp3) is 0.263. The van der Waals surface area contributed by atoms with Gasteiger partial charge in [0.15, 0.2) is 0 Å². The maximum atomic E-state index is 12.3. The van der Waals surface area contributed by atoms with Crippen LogP contribution in [-0.4, -0.2) is 18.4 Å². The molecule has 0 unspecified atom stereocenters. The lowest BCUT2D eigenvalue weighted by molar-refractivity contribution is -0.120. The lowest BCUT2D eigenvalue weighted by Gasteiger charge is -2.22.